The highest BCUT2D eigenvalue weighted by Crippen LogP contribution is 2.37. The van der Waals surface area contributed by atoms with Gasteiger partial charge in [-0.05, 0) is 26.0 Å². The zero-order valence-electron chi connectivity index (χ0n) is 13.2. The Kier molecular flexibility index (Phi) is 3.69. The van der Waals surface area contributed by atoms with Gasteiger partial charge in [0.1, 0.15) is 6.54 Å². The fourth-order valence-corrected chi connectivity index (χ4v) is 2.56. The number of para-hydroxylation sites is 1. The number of carbonyl (C=O) groups is 1. The molecule has 0 spiro atoms. The van der Waals surface area contributed by atoms with Crippen molar-refractivity contribution in [2.45, 2.75) is 20.4 Å². The molecule has 0 unspecified atom stereocenters. The van der Waals surface area contributed by atoms with Gasteiger partial charge in [-0.2, -0.15) is 5.10 Å². The van der Waals surface area contributed by atoms with Gasteiger partial charge in [-0.25, -0.2) is 0 Å². The van der Waals surface area contributed by atoms with E-state index in [-0.39, 0.29) is 12.4 Å². The summed E-state index contributed by atoms with van der Waals surface area (Å²) in [6, 6.07) is 9.30. The zero-order valence-corrected chi connectivity index (χ0v) is 13.2. The molecule has 2 aromatic heterocycles. The fourth-order valence-electron chi connectivity index (χ4n) is 2.56. The van der Waals surface area contributed by atoms with Crippen LogP contribution in [0.1, 0.15) is 11.4 Å². The van der Waals surface area contributed by atoms with Crippen LogP contribution in [0.15, 0.2) is 40.6 Å². The second-order valence-corrected chi connectivity index (χ2v) is 5.43. The number of aryl methyl sites for hydroxylation is 3. The van der Waals surface area contributed by atoms with E-state index < -0.39 is 5.91 Å². The van der Waals surface area contributed by atoms with E-state index >= 15 is 0 Å². The molecule has 1 amide bonds. The number of aromatic nitrogens is 3. The molecule has 118 valence electrons. The predicted molar refractivity (Wildman–Crippen MR) is 85.8 cm³/mol. The van der Waals surface area contributed by atoms with E-state index in [9.17, 15) is 9.90 Å². The van der Waals surface area contributed by atoms with E-state index in [1.54, 1.807) is 16.3 Å². The Labute approximate surface area is 132 Å². The Balaban J connectivity index is 1.87. The zero-order chi connectivity index (χ0) is 16.6. The monoisotopic (exact) mass is 311 g/mol. The molecule has 0 fully saturated rings. The number of fused-ring (bicyclic) bond motifs is 1. The topological polar surface area (TPSA) is 84.8 Å². The SMILES string of the molecule is Cc1cc(C)n(CC(=O)N=Nc2c(O)n(C)c3ccccc23)n1. The number of carbonyl (C=O) groups excluding carboxylic acids is 1. The van der Waals surface area contributed by atoms with E-state index in [0.29, 0.717) is 5.69 Å². The van der Waals surface area contributed by atoms with Crippen molar-refractivity contribution in [1.82, 2.24) is 14.3 Å². The second kappa shape index (κ2) is 5.68. The highest BCUT2D eigenvalue weighted by molar-refractivity contribution is 5.95. The van der Waals surface area contributed by atoms with E-state index in [2.05, 4.69) is 15.3 Å². The first-order chi connectivity index (χ1) is 11.0. The maximum Gasteiger partial charge on any atom is 0.286 e. The Bertz CT molecular complexity index is 920. The van der Waals surface area contributed by atoms with Gasteiger partial charge in [0.15, 0.2) is 5.69 Å². The smallest absolute Gasteiger partial charge is 0.286 e. The highest BCUT2D eigenvalue weighted by atomic mass is 16.3. The Morgan fingerprint density at radius 3 is 2.74 bits per heavy atom. The molecule has 7 heteroatoms. The predicted octanol–water partition coefficient (Wildman–Crippen LogP) is 3.01. The van der Waals surface area contributed by atoms with Crippen LogP contribution >= 0.6 is 0 Å². The molecule has 1 N–H and O–H groups in total. The molecule has 23 heavy (non-hydrogen) atoms. The summed E-state index contributed by atoms with van der Waals surface area (Å²) in [6.45, 7) is 3.76. The number of rotatable bonds is 3. The van der Waals surface area contributed by atoms with Crippen LogP contribution in [0.3, 0.4) is 0 Å². The lowest BCUT2D eigenvalue weighted by atomic mass is 10.2. The summed E-state index contributed by atoms with van der Waals surface area (Å²) in [5.41, 5.74) is 2.85. The minimum atomic E-state index is -0.427. The molecular weight excluding hydrogens is 294 g/mol. The lowest BCUT2D eigenvalue weighted by Crippen LogP contribution is -2.10. The second-order valence-electron chi connectivity index (χ2n) is 5.43. The van der Waals surface area contributed by atoms with Crippen LogP contribution in [-0.4, -0.2) is 25.4 Å². The molecule has 0 radical (unpaired) electrons. The van der Waals surface area contributed by atoms with Gasteiger partial charge < -0.3 is 9.67 Å². The van der Waals surface area contributed by atoms with E-state index in [1.807, 2.05) is 44.2 Å². The van der Waals surface area contributed by atoms with E-state index in [4.69, 9.17) is 0 Å². The first kappa shape index (κ1) is 15.0. The molecule has 0 aliphatic heterocycles. The molecule has 3 aromatic rings. The van der Waals surface area contributed by atoms with E-state index in [0.717, 1.165) is 22.3 Å². The summed E-state index contributed by atoms with van der Waals surface area (Å²) in [5.74, 6) is -0.447. The van der Waals surface area contributed by atoms with Gasteiger partial charge in [0, 0.05) is 18.1 Å². The molecule has 1 aromatic carbocycles. The number of amides is 1. The van der Waals surface area contributed by atoms with Gasteiger partial charge in [-0.3, -0.25) is 9.48 Å². The number of hydrogen-bond donors (Lipinski definition) is 1. The molecule has 0 saturated carbocycles. The first-order valence-corrected chi connectivity index (χ1v) is 7.19. The maximum atomic E-state index is 12.0. The summed E-state index contributed by atoms with van der Waals surface area (Å²) >= 11 is 0. The molecule has 0 bridgehead atoms. The van der Waals surface area contributed by atoms with Crippen LogP contribution in [0.5, 0.6) is 5.88 Å². The van der Waals surface area contributed by atoms with Crippen molar-refractivity contribution in [2.75, 3.05) is 0 Å². The van der Waals surface area contributed by atoms with Crippen molar-refractivity contribution in [1.29, 1.82) is 0 Å². The van der Waals surface area contributed by atoms with E-state index in [1.165, 1.54) is 0 Å². The summed E-state index contributed by atoms with van der Waals surface area (Å²) < 4.78 is 3.19. The van der Waals surface area contributed by atoms with Gasteiger partial charge in [-0.1, -0.05) is 18.2 Å². The normalized spacial score (nSPS) is 11.6. The molecule has 0 saturated heterocycles. The van der Waals surface area contributed by atoms with Gasteiger partial charge in [0.25, 0.3) is 5.91 Å². The van der Waals surface area contributed by atoms with Crippen LogP contribution in [-0.2, 0) is 18.4 Å². The summed E-state index contributed by atoms with van der Waals surface area (Å²) in [7, 11) is 1.73. The number of azo groups is 1. The van der Waals surface area contributed by atoms with Crippen LogP contribution in [0, 0.1) is 13.8 Å². The van der Waals surface area contributed by atoms with Gasteiger partial charge >= 0.3 is 0 Å². The molecule has 0 aliphatic carbocycles. The number of nitrogens with zero attached hydrogens (tertiary/aromatic N) is 5. The molecule has 3 rings (SSSR count). The van der Waals surface area contributed by atoms with Crippen molar-refractivity contribution in [3.63, 3.8) is 0 Å². The van der Waals surface area contributed by atoms with Crippen molar-refractivity contribution < 1.29 is 9.90 Å². The third-order valence-corrected chi connectivity index (χ3v) is 3.70. The Morgan fingerprint density at radius 1 is 1.30 bits per heavy atom. The van der Waals surface area contributed by atoms with Gasteiger partial charge in [0.2, 0.25) is 5.88 Å². The van der Waals surface area contributed by atoms with Crippen LogP contribution in [0.2, 0.25) is 0 Å². The Morgan fingerprint density at radius 2 is 2.04 bits per heavy atom. The van der Waals surface area contributed by atoms with Crippen molar-refractivity contribution >= 4 is 22.5 Å². The highest BCUT2D eigenvalue weighted by Gasteiger charge is 2.14. The van der Waals surface area contributed by atoms with Crippen LogP contribution < -0.4 is 0 Å². The van der Waals surface area contributed by atoms with Gasteiger partial charge in [-0.15, -0.1) is 10.2 Å². The average Bonchev–Trinajstić information content (AvgIpc) is 2.96. The minimum absolute atomic E-state index is 0.0196. The maximum absolute atomic E-state index is 12.0. The number of hydrogen-bond acceptors (Lipinski definition) is 4. The molecule has 2 heterocycles. The third kappa shape index (κ3) is 2.73. The van der Waals surface area contributed by atoms with Crippen molar-refractivity contribution in [3.05, 3.63) is 41.7 Å². The summed E-state index contributed by atoms with van der Waals surface area (Å²) in [5, 5.41) is 22.8. The molecule has 0 atom stereocenters. The Hall–Kier alpha value is -2.96. The third-order valence-electron chi connectivity index (χ3n) is 3.70. The molecular formula is C16H17N5O2. The van der Waals surface area contributed by atoms with Crippen molar-refractivity contribution in [2.24, 2.45) is 17.3 Å². The number of benzene rings is 1. The standard InChI is InChI=1S/C16H17N5O2/c1-10-8-11(2)21(19-10)9-14(22)17-18-15-12-6-4-5-7-13(12)20(3)16(15)23/h4-8,23H,9H2,1-3H3. The van der Waals surface area contributed by atoms with Crippen LogP contribution in [0.4, 0.5) is 5.69 Å². The molecule has 7 nitrogen and oxygen atoms in total. The molecule has 0 aliphatic rings. The largest absolute Gasteiger partial charge is 0.493 e. The minimum Gasteiger partial charge on any atom is -0.493 e. The van der Waals surface area contributed by atoms with Crippen molar-refractivity contribution in [3.8, 4) is 5.88 Å². The summed E-state index contributed by atoms with van der Waals surface area (Å²) in [4.78, 5) is 12.0. The number of aromatic hydroxyl groups is 1. The van der Waals surface area contributed by atoms with Crippen LogP contribution in [0.25, 0.3) is 10.9 Å². The first-order valence-electron chi connectivity index (χ1n) is 7.19. The lowest BCUT2D eigenvalue weighted by Gasteiger charge is -1.99. The average molecular weight is 311 g/mol. The lowest BCUT2D eigenvalue weighted by molar-refractivity contribution is -0.119. The quantitative estimate of drug-likeness (QED) is 0.754. The fraction of sp³-hybridized carbons (Fsp3) is 0.250. The van der Waals surface area contributed by atoms with Gasteiger partial charge in [0.05, 0.1) is 11.2 Å². The summed E-state index contributed by atoms with van der Waals surface area (Å²) in [6.07, 6.45) is 0.